The van der Waals surface area contributed by atoms with Crippen LogP contribution in [-0.2, 0) is 11.3 Å². The summed E-state index contributed by atoms with van der Waals surface area (Å²) in [5, 5.41) is 6.51. The number of amides is 1. The van der Waals surface area contributed by atoms with Gasteiger partial charge in [0.05, 0.1) is 26.5 Å². The molecule has 2 aromatic rings. The van der Waals surface area contributed by atoms with Gasteiger partial charge >= 0.3 is 0 Å². The molecule has 146 valence electrons. The van der Waals surface area contributed by atoms with E-state index in [1.54, 1.807) is 19.2 Å². The van der Waals surface area contributed by atoms with E-state index in [1.807, 2.05) is 48.5 Å². The van der Waals surface area contributed by atoms with Crippen LogP contribution in [0.1, 0.15) is 36.8 Å². The van der Waals surface area contributed by atoms with Crippen LogP contribution in [0.4, 0.5) is 0 Å². The molecular weight excluding hydrogens is 352 g/mol. The molecule has 2 aliphatic rings. The lowest BCUT2D eigenvalue weighted by Gasteiger charge is -2.38. The van der Waals surface area contributed by atoms with E-state index in [9.17, 15) is 4.79 Å². The minimum Gasteiger partial charge on any atom is -0.493 e. The number of benzene rings is 2. The molecule has 2 atom stereocenters. The van der Waals surface area contributed by atoms with E-state index in [0.29, 0.717) is 18.0 Å². The highest BCUT2D eigenvalue weighted by atomic mass is 16.5. The third-order valence-electron chi connectivity index (χ3n) is 5.77. The lowest BCUT2D eigenvalue weighted by atomic mass is 9.73. The number of nitrogens with zero attached hydrogens (tertiary/aromatic N) is 2. The number of ether oxygens (including phenoxy) is 2. The quantitative estimate of drug-likeness (QED) is 0.781. The molecule has 0 unspecified atom stereocenters. The molecule has 5 heteroatoms. The van der Waals surface area contributed by atoms with E-state index in [1.165, 1.54) is 0 Å². The summed E-state index contributed by atoms with van der Waals surface area (Å²) in [7, 11) is 3.27. The normalized spacial score (nSPS) is 21.7. The monoisotopic (exact) mass is 378 g/mol. The molecule has 0 N–H and O–H groups in total. The maximum atomic E-state index is 13.1. The Morgan fingerprint density at radius 3 is 2.39 bits per heavy atom. The lowest BCUT2D eigenvalue weighted by Crippen LogP contribution is -2.45. The summed E-state index contributed by atoms with van der Waals surface area (Å²) in [4.78, 5) is 13.1. The van der Waals surface area contributed by atoms with Gasteiger partial charge in [-0.1, -0.05) is 43.2 Å². The van der Waals surface area contributed by atoms with Gasteiger partial charge in [0.25, 0.3) is 0 Å². The Labute approximate surface area is 166 Å². The Balaban J connectivity index is 1.73. The number of hydrogen-bond donors (Lipinski definition) is 0. The Hall–Kier alpha value is -2.82. The van der Waals surface area contributed by atoms with Crippen molar-refractivity contribution < 1.29 is 14.3 Å². The number of rotatable bonds is 5. The number of carbonyl (C=O) groups is 1. The number of carbonyl (C=O) groups excluding carboxylic acids is 1. The van der Waals surface area contributed by atoms with Gasteiger partial charge in [0.2, 0.25) is 5.91 Å². The third kappa shape index (κ3) is 3.49. The minimum atomic E-state index is 0.0121. The molecule has 1 aliphatic heterocycles. The fourth-order valence-electron chi connectivity index (χ4n) is 4.34. The van der Waals surface area contributed by atoms with E-state index in [0.717, 1.165) is 42.5 Å². The predicted molar refractivity (Wildman–Crippen MR) is 109 cm³/mol. The van der Waals surface area contributed by atoms with Crippen molar-refractivity contribution in [3.05, 3.63) is 59.7 Å². The van der Waals surface area contributed by atoms with E-state index < -0.39 is 0 Å². The lowest BCUT2D eigenvalue weighted by molar-refractivity contribution is -0.139. The SMILES string of the molecule is COc1ccc(C2=NN(Cc3ccccc3)C(=O)[C@@H]3CCCC[C@@H]23)cc1OC. The van der Waals surface area contributed by atoms with Crippen molar-refractivity contribution in [3.8, 4) is 11.5 Å². The molecule has 1 amide bonds. The Morgan fingerprint density at radius 1 is 0.964 bits per heavy atom. The van der Waals surface area contributed by atoms with Gasteiger partial charge in [-0.2, -0.15) is 5.10 Å². The molecule has 5 nitrogen and oxygen atoms in total. The van der Waals surface area contributed by atoms with Crippen LogP contribution in [0.2, 0.25) is 0 Å². The molecule has 1 saturated carbocycles. The third-order valence-corrected chi connectivity index (χ3v) is 5.77. The van der Waals surface area contributed by atoms with Gasteiger partial charge in [0.1, 0.15) is 0 Å². The zero-order valence-electron chi connectivity index (χ0n) is 16.4. The fraction of sp³-hybridized carbons (Fsp3) is 0.391. The van der Waals surface area contributed by atoms with Gasteiger partial charge in [-0.05, 0) is 36.6 Å². The Bertz CT molecular complexity index is 879. The zero-order chi connectivity index (χ0) is 19.5. The molecule has 0 aromatic heterocycles. The topological polar surface area (TPSA) is 51.1 Å². The van der Waals surface area contributed by atoms with Crippen molar-refractivity contribution in [3.63, 3.8) is 0 Å². The summed E-state index contributed by atoms with van der Waals surface area (Å²) >= 11 is 0. The van der Waals surface area contributed by atoms with Crippen LogP contribution in [0.25, 0.3) is 0 Å². The average Bonchev–Trinajstić information content (AvgIpc) is 2.76. The molecule has 4 rings (SSSR count). The maximum absolute atomic E-state index is 13.1. The van der Waals surface area contributed by atoms with Crippen LogP contribution in [0.3, 0.4) is 0 Å². The van der Waals surface area contributed by atoms with E-state index in [4.69, 9.17) is 14.6 Å². The molecule has 2 aromatic carbocycles. The standard InChI is InChI=1S/C23H26N2O3/c1-27-20-13-12-17(14-21(20)28-2)22-18-10-6-7-11-19(18)23(26)25(24-22)15-16-8-4-3-5-9-16/h3-5,8-9,12-14,18-19H,6-7,10-11,15H2,1-2H3/t18-,19-/m1/s1. The van der Waals surface area contributed by atoms with Crippen molar-refractivity contribution in [1.29, 1.82) is 0 Å². The van der Waals surface area contributed by atoms with E-state index >= 15 is 0 Å². The molecule has 0 spiro atoms. The van der Waals surface area contributed by atoms with Crippen LogP contribution in [0, 0.1) is 11.8 Å². The van der Waals surface area contributed by atoms with Gasteiger partial charge in [0.15, 0.2) is 11.5 Å². The van der Waals surface area contributed by atoms with Crippen LogP contribution in [0.5, 0.6) is 11.5 Å². The first-order valence-electron chi connectivity index (χ1n) is 9.87. The van der Waals surface area contributed by atoms with Crippen molar-refractivity contribution in [2.75, 3.05) is 14.2 Å². The highest BCUT2D eigenvalue weighted by molar-refractivity contribution is 6.07. The van der Waals surface area contributed by atoms with Crippen LogP contribution in [-0.4, -0.2) is 30.8 Å². The molecule has 1 fully saturated rings. The number of hydrogen-bond acceptors (Lipinski definition) is 4. The largest absolute Gasteiger partial charge is 0.493 e. The summed E-state index contributed by atoms with van der Waals surface area (Å²) in [5.41, 5.74) is 3.07. The Morgan fingerprint density at radius 2 is 1.68 bits per heavy atom. The molecule has 1 aliphatic carbocycles. The smallest absolute Gasteiger partial charge is 0.246 e. The fourth-order valence-corrected chi connectivity index (χ4v) is 4.34. The van der Waals surface area contributed by atoms with Crippen LogP contribution < -0.4 is 9.47 Å². The first kappa shape index (κ1) is 18.5. The van der Waals surface area contributed by atoms with Crippen LogP contribution in [0.15, 0.2) is 53.6 Å². The molecule has 0 bridgehead atoms. The average molecular weight is 378 g/mol. The number of hydrazone groups is 1. The van der Waals surface area contributed by atoms with Gasteiger partial charge in [-0.25, -0.2) is 5.01 Å². The van der Waals surface area contributed by atoms with Crippen molar-refractivity contribution in [2.24, 2.45) is 16.9 Å². The summed E-state index contributed by atoms with van der Waals surface area (Å²) in [6, 6.07) is 15.9. The first-order chi connectivity index (χ1) is 13.7. The van der Waals surface area contributed by atoms with Crippen LogP contribution >= 0.6 is 0 Å². The minimum absolute atomic E-state index is 0.0121. The molecule has 0 saturated heterocycles. The number of fused-ring (bicyclic) bond motifs is 1. The second kappa shape index (κ2) is 8.05. The second-order valence-corrected chi connectivity index (χ2v) is 7.43. The van der Waals surface area contributed by atoms with Gasteiger partial charge in [-0.15, -0.1) is 0 Å². The molecule has 0 radical (unpaired) electrons. The van der Waals surface area contributed by atoms with E-state index in [2.05, 4.69) is 0 Å². The summed E-state index contributed by atoms with van der Waals surface area (Å²) in [6.07, 6.45) is 4.18. The molecular formula is C23H26N2O3. The summed E-state index contributed by atoms with van der Waals surface area (Å²) in [5.74, 6) is 1.71. The van der Waals surface area contributed by atoms with Crippen molar-refractivity contribution in [2.45, 2.75) is 32.2 Å². The summed E-state index contributed by atoms with van der Waals surface area (Å²) in [6.45, 7) is 0.500. The predicted octanol–water partition coefficient (Wildman–Crippen LogP) is 4.26. The summed E-state index contributed by atoms with van der Waals surface area (Å²) < 4.78 is 10.9. The van der Waals surface area contributed by atoms with E-state index in [-0.39, 0.29) is 17.7 Å². The molecule has 28 heavy (non-hydrogen) atoms. The van der Waals surface area contributed by atoms with Gasteiger partial charge in [0, 0.05) is 17.4 Å². The zero-order valence-corrected chi connectivity index (χ0v) is 16.4. The maximum Gasteiger partial charge on any atom is 0.246 e. The van der Waals surface area contributed by atoms with Gasteiger partial charge in [-0.3, -0.25) is 4.79 Å². The Kier molecular flexibility index (Phi) is 5.33. The van der Waals surface area contributed by atoms with Crippen molar-refractivity contribution >= 4 is 11.6 Å². The highest BCUT2D eigenvalue weighted by Crippen LogP contribution is 2.39. The van der Waals surface area contributed by atoms with Gasteiger partial charge < -0.3 is 9.47 Å². The molecule has 1 heterocycles. The second-order valence-electron chi connectivity index (χ2n) is 7.43. The first-order valence-corrected chi connectivity index (χ1v) is 9.87. The van der Waals surface area contributed by atoms with Crippen molar-refractivity contribution in [1.82, 2.24) is 5.01 Å². The highest BCUT2D eigenvalue weighted by Gasteiger charge is 2.41. The number of methoxy groups -OCH3 is 2.